The second-order valence-electron chi connectivity index (χ2n) is 7.14. The van der Waals surface area contributed by atoms with Crippen LogP contribution in [0.3, 0.4) is 0 Å². The van der Waals surface area contributed by atoms with Gasteiger partial charge in [-0.05, 0) is 48.9 Å². The lowest BCUT2D eigenvalue weighted by atomic mass is 10.2. The average molecular weight is 473 g/mol. The molecule has 1 N–H and O–H groups in total. The van der Waals surface area contributed by atoms with Gasteiger partial charge in [-0.25, -0.2) is 4.39 Å². The van der Waals surface area contributed by atoms with Crippen molar-refractivity contribution in [3.63, 3.8) is 0 Å². The van der Waals surface area contributed by atoms with Crippen molar-refractivity contribution in [2.24, 2.45) is 0 Å². The molecule has 0 aliphatic carbocycles. The second-order valence-corrected chi connectivity index (χ2v) is 7.14. The summed E-state index contributed by atoms with van der Waals surface area (Å²) in [6, 6.07) is 12.3. The van der Waals surface area contributed by atoms with Crippen LogP contribution in [0.25, 0.3) is 6.08 Å². The molecule has 8 heteroatoms. The van der Waals surface area contributed by atoms with Crippen LogP contribution in [0, 0.1) is 5.82 Å². The normalized spacial score (nSPS) is 15.2. The molecule has 31 heavy (non-hydrogen) atoms. The Morgan fingerprint density at radius 1 is 1.03 bits per heavy atom. The highest BCUT2D eigenvalue weighted by Gasteiger charge is 2.20. The maximum Gasteiger partial charge on any atom is 0.161 e. The van der Waals surface area contributed by atoms with Gasteiger partial charge < -0.3 is 19.5 Å². The van der Waals surface area contributed by atoms with Crippen LogP contribution in [0.4, 0.5) is 10.1 Å². The van der Waals surface area contributed by atoms with Crippen LogP contribution in [0.15, 0.2) is 48.5 Å². The number of nitrogens with zero attached hydrogens (tertiary/aromatic N) is 2. The van der Waals surface area contributed by atoms with Gasteiger partial charge in [0.25, 0.3) is 0 Å². The number of aliphatic hydroxyl groups is 1. The van der Waals surface area contributed by atoms with Crippen LogP contribution in [-0.4, -0.2) is 62.6 Å². The van der Waals surface area contributed by atoms with Crippen molar-refractivity contribution in [1.82, 2.24) is 4.90 Å². The molecule has 1 saturated heterocycles. The summed E-state index contributed by atoms with van der Waals surface area (Å²) in [5.74, 6) is 1.06. The van der Waals surface area contributed by atoms with Gasteiger partial charge in [-0.2, -0.15) is 0 Å². The summed E-state index contributed by atoms with van der Waals surface area (Å²) in [5.41, 5.74) is 2.07. The topological polar surface area (TPSA) is 45.2 Å². The molecule has 0 aromatic heterocycles. The fourth-order valence-corrected chi connectivity index (χ4v) is 3.48. The van der Waals surface area contributed by atoms with Crippen molar-refractivity contribution in [2.75, 3.05) is 51.3 Å². The third-order valence-corrected chi connectivity index (χ3v) is 5.01. The molecule has 5 nitrogen and oxygen atoms in total. The van der Waals surface area contributed by atoms with E-state index in [4.69, 9.17) is 9.47 Å². The minimum Gasteiger partial charge on any atom is -0.493 e. The number of hydrogen-bond acceptors (Lipinski definition) is 5. The quantitative estimate of drug-likeness (QED) is 0.621. The molecule has 1 unspecified atom stereocenters. The summed E-state index contributed by atoms with van der Waals surface area (Å²) in [6.45, 7) is 6.10. The van der Waals surface area contributed by atoms with Crippen LogP contribution in [-0.2, 0) is 0 Å². The Kier molecular flexibility index (Phi) is 11.7. The molecular formula is C23H31Cl2FN2O3. The van der Waals surface area contributed by atoms with E-state index in [9.17, 15) is 9.50 Å². The van der Waals surface area contributed by atoms with E-state index >= 15 is 0 Å². The van der Waals surface area contributed by atoms with Crippen molar-refractivity contribution in [1.29, 1.82) is 0 Å². The number of anilines is 1. The van der Waals surface area contributed by atoms with Crippen molar-refractivity contribution >= 4 is 36.6 Å². The van der Waals surface area contributed by atoms with E-state index in [0.29, 0.717) is 18.0 Å². The standard InChI is InChI=1S/C23H29FN2O3.2ClH/c1-3-4-18-5-10-22(23(15-18)28-2)29-17-21(27)16-25-11-13-26(14-12-25)20-8-6-19(24)7-9-20;;/h3-10,15,21,27H,11-14,16-17H2,1-2H3;2*1H. The molecule has 172 valence electrons. The van der Waals surface area contributed by atoms with Crippen molar-refractivity contribution < 1.29 is 19.0 Å². The highest BCUT2D eigenvalue weighted by Crippen LogP contribution is 2.28. The van der Waals surface area contributed by atoms with Crippen LogP contribution in [0.1, 0.15) is 12.5 Å². The summed E-state index contributed by atoms with van der Waals surface area (Å²) >= 11 is 0. The number of β-amino-alcohol motifs (C(OH)–C–C–N with tert-alkyl or cyclic N) is 1. The number of piperazine rings is 1. The Labute approximate surface area is 196 Å². The molecule has 0 amide bonds. The van der Waals surface area contributed by atoms with E-state index in [2.05, 4.69) is 9.80 Å². The first-order valence-corrected chi connectivity index (χ1v) is 9.93. The van der Waals surface area contributed by atoms with Gasteiger partial charge in [0.1, 0.15) is 18.5 Å². The third-order valence-electron chi connectivity index (χ3n) is 5.01. The maximum atomic E-state index is 13.1. The predicted octanol–water partition coefficient (Wildman–Crippen LogP) is 4.27. The number of allylic oxidation sites excluding steroid dienone is 1. The Morgan fingerprint density at radius 3 is 2.32 bits per heavy atom. The van der Waals surface area contributed by atoms with E-state index in [0.717, 1.165) is 37.4 Å². The van der Waals surface area contributed by atoms with Gasteiger partial charge in [0.15, 0.2) is 11.5 Å². The lowest BCUT2D eigenvalue weighted by molar-refractivity contribution is 0.0653. The number of halogens is 3. The third kappa shape index (κ3) is 7.89. The fourth-order valence-electron chi connectivity index (χ4n) is 3.48. The predicted molar refractivity (Wildman–Crippen MR) is 129 cm³/mol. The smallest absolute Gasteiger partial charge is 0.161 e. The molecule has 0 bridgehead atoms. The van der Waals surface area contributed by atoms with Gasteiger partial charge in [-0.3, -0.25) is 4.90 Å². The first-order chi connectivity index (χ1) is 14.1. The van der Waals surface area contributed by atoms with Crippen LogP contribution < -0.4 is 14.4 Å². The number of benzene rings is 2. The lowest BCUT2D eigenvalue weighted by Crippen LogP contribution is -2.49. The van der Waals surface area contributed by atoms with Crippen molar-refractivity contribution in [3.05, 3.63) is 59.9 Å². The number of hydrogen-bond donors (Lipinski definition) is 1. The molecule has 1 heterocycles. The zero-order valence-corrected chi connectivity index (χ0v) is 19.5. The molecule has 0 saturated carbocycles. The van der Waals surface area contributed by atoms with Gasteiger partial charge in [0.05, 0.1) is 7.11 Å². The summed E-state index contributed by atoms with van der Waals surface area (Å²) in [4.78, 5) is 4.45. The minimum absolute atomic E-state index is 0. The Balaban J connectivity index is 0.00000240. The van der Waals surface area contributed by atoms with E-state index in [1.807, 2.05) is 49.4 Å². The van der Waals surface area contributed by atoms with Gasteiger partial charge in [-0.1, -0.05) is 18.2 Å². The van der Waals surface area contributed by atoms with E-state index < -0.39 is 6.10 Å². The summed E-state index contributed by atoms with van der Waals surface area (Å²) in [6.07, 6.45) is 3.37. The van der Waals surface area contributed by atoms with Crippen molar-refractivity contribution in [2.45, 2.75) is 13.0 Å². The second kappa shape index (κ2) is 13.4. The average Bonchev–Trinajstić information content (AvgIpc) is 2.74. The van der Waals surface area contributed by atoms with Gasteiger partial charge >= 0.3 is 0 Å². The summed E-state index contributed by atoms with van der Waals surface area (Å²) in [7, 11) is 1.61. The molecule has 1 fully saturated rings. The molecule has 2 aromatic rings. The minimum atomic E-state index is -0.590. The molecule has 0 spiro atoms. The summed E-state index contributed by atoms with van der Waals surface area (Å²) in [5, 5.41) is 10.4. The Bertz CT molecular complexity index is 813. The monoisotopic (exact) mass is 472 g/mol. The number of rotatable bonds is 8. The Morgan fingerprint density at radius 2 is 1.71 bits per heavy atom. The molecule has 1 atom stereocenters. The van der Waals surface area contributed by atoms with Gasteiger partial charge in [0, 0.05) is 38.4 Å². The number of aliphatic hydroxyl groups excluding tert-OH is 1. The molecule has 1 aliphatic rings. The maximum absolute atomic E-state index is 13.1. The highest BCUT2D eigenvalue weighted by molar-refractivity contribution is 5.85. The van der Waals surface area contributed by atoms with E-state index in [-0.39, 0.29) is 37.2 Å². The fraction of sp³-hybridized carbons (Fsp3) is 0.391. The molecule has 3 rings (SSSR count). The first kappa shape index (κ1) is 27.0. The van der Waals surface area contributed by atoms with E-state index in [1.54, 1.807) is 7.11 Å². The highest BCUT2D eigenvalue weighted by atomic mass is 35.5. The van der Waals surface area contributed by atoms with Crippen LogP contribution in [0.2, 0.25) is 0 Å². The zero-order chi connectivity index (χ0) is 20.6. The van der Waals surface area contributed by atoms with E-state index in [1.165, 1.54) is 12.1 Å². The summed E-state index contributed by atoms with van der Waals surface area (Å²) < 4.78 is 24.3. The lowest BCUT2D eigenvalue weighted by Gasteiger charge is -2.36. The van der Waals surface area contributed by atoms with Crippen molar-refractivity contribution in [3.8, 4) is 11.5 Å². The molecule has 1 aliphatic heterocycles. The first-order valence-electron chi connectivity index (χ1n) is 9.93. The Hall–Kier alpha value is -1.99. The largest absolute Gasteiger partial charge is 0.493 e. The van der Waals surface area contributed by atoms with Gasteiger partial charge in [0.2, 0.25) is 0 Å². The number of methoxy groups -OCH3 is 1. The number of ether oxygens (including phenoxy) is 2. The van der Waals surface area contributed by atoms with Gasteiger partial charge in [-0.15, -0.1) is 24.8 Å². The molecule has 2 aromatic carbocycles. The van der Waals surface area contributed by atoms with Crippen LogP contribution >= 0.6 is 24.8 Å². The molecular weight excluding hydrogens is 442 g/mol. The SMILES string of the molecule is CC=Cc1ccc(OCC(O)CN2CCN(c3ccc(F)cc3)CC2)c(OC)c1.Cl.Cl. The zero-order valence-electron chi connectivity index (χ0n) is 17.9. The van der Waals surface area contributed by atoms with Crippen LogP contribution in [0.5, 0.6) is 11.5 Å². The molecule has 0 radical (unpaired) electrons.